The van der Waals surface area contributed by atoms with Crippen LogP contribution in [-0.4, -0.2) is 54.5 Å². The van der Waals surface area contributed by atoms with Gasteiger partial charge >= 0.3 is 6.36 Å². The summed E-state index contributed by atoms with van der Waals surface area (Å²) in [5.41, 5.74) is -1.58. The summed E-state index contributed by atoms with van der Waals surface area (Å²) in [4.78, 5) is 12.4. The molecule has 1 amide bonds. The molecule has 2 N–H and O–H groups in total. The van der Waals surface area contributed by atoms with Crippen molar-refractivity contribution in [1.29, 1.82) is 0 Å². The normalized spacial score (nSPS) is 18.1. The number of sulfonamides is 1. The molecule has 1 aromatic carbocycles. The molecule has 1 saturated heterocycles. The maximum Gasteiger partial charge on any atom is 0.573 e. The predicted molar refractivity (Wildman–Crippen MR) is 96.1 cm³/mol. The number of ether oxygens (including phenoxy) is 1. The van der Waals surface area contributed by atoms with Crippen molar-refractivity contribution >= 4 is 21.6 Å². The van der Waals surface area contributed by atoms with Crippen molar-refractivity contribution in [2.24, 2.45) is 5.92 Å². The molecule has 0 unspecified atom stereocenters. The molecule has 0 radical (unpaired) electrons. The lowest BCUT2D eigenvalue weighted by Crippen LogP contribution is -2.53. The Morgan fingerprint density at radius 2 is 1.79 bits per heavy atom. The zero-order valence-electron chi connectivity index (χ0n) is 15.5. The number of anilines is 1. The number of alkyl halides is 3. The van der Waals surface area contributed by atoms with Crippen LogP contribution in [0.2, 0.25) is 0 Å². The molecule has 1 fully saturated rings. The number of hydrogen-bond donors (Lipinski definition) is 2. The molecule has 28 heavy (non-hydrogen) atoms. The van der Waals surface area contributed by atoms with Gasteiger partial charge in [-0.05, 0) is 43.0 Å². The second kappa shape index (κ2) is 8.26. The highest BCUT2D eigenvalue weighted by Gasteiger charge is 2.42. The van der Waals surface area contributed by atoms with E-state index in [1.165, 1.54) is 16.4 Å². The van der Waals surface area contributed by atoms with Gasteiger partial charge in [0.25, 0.3) is 5.91 Å². The van der Waals surface area contributed by atoms with E-state index in [2.05, 4.69) is 10.1 Å². The van der Waals surface area contributed by atoms with E-state index in [9.17, 15) is 31.5 Å². The number of nitrogens with zero attached hydrogens (tertiary/aromatic N) is 1. The van der Waals surface area contributed by atoms with Gasteiger partial charge in [-0.25, -0.2) is 12.7 Å². The van der Waals surface area contributed by atoms with Gasteiger partial charge in [-0.3, -0.25) is 4.79 Å². The third kappa shape index (κ3) is 6.08. The zero-order valence-corrected chi connectivity index (χ0v) is 16.3. The molecule has 158 valence electrons. The zero-order chi connectivity index (χ0) is 21.2. The Bertz CT molecular complexity index is 786. The van der Waals surface area contributed by atoms with Crippen molar-refractivity contribution in [3.8, 4) is 5.75 Å². The number of carbonyl (C=O) groups excluding carboxylic acids is 1. The molecule has 0 saturated carbocycles. The summed E-state index contributed by atoms with van der Waals surface area (Å²) in [7, 11) is -3.45. The van der Waals surface area contributed by atoms with E-state index in [-0.39, 0.29) is 43.3 Å². The number of halogens is 3. The van der Waals surface area contributed by atoms with Crippen LogP contribution < -0.4 is 10.1 Å². The fourth-order valence-corrected chi connectivity index (χ4v) is 4.67. The maximum absolute atomic E-state index is 12.4. The number of benzene rings is 1. The minimum absolute atomic E-state index is 0.00995. The van der Waals surface area contributed by atoms with Crippen molar-refractivity contribution in [1.82, 2.24) is 4.31 Å². The number of rotatable bonds is 6. The molecule has 7 nitrogen and oxygen atoms in total. The van der Waals surface area contributed by atoms with Crippen LogP contribution >= 0.6 is 0 Å². The highest BCUT2D eigenvalue weighted by Crippen LogP contribution is 2.28. The highest BCUT2D eigenvalue weighted by molar-refractivity contribution is 7.89. The minimum atomic E-state index is -4.82. The first-order chi connectivity index (χ1) is 12.8. The monoisotopic (exact) mass is 424 g/mol. The van der Waals surface area contributed by atoms with E-state index in [0.717, 1.165) is 12.1 Å². The minimum Gasteiger partial charge on any atom is -0.406 e. The second-order valence-electron chi connectivity index (χ2n) is 7.13. The topological polar surface area (TPSA) is 95.9 Å². The Hall–Kier alpha value is -1.85. The first-order valence-electron chi connectivity index (χ1n) is 8.68. The van der Waals surface area contributed by atoms with Crippen molar-refractivity contribution < 1.29 is 36.2 Å². The number of carbonyl (C=O) groups is 1. The van der Waals surface area contributed by atoms with Crippen molar-refractivity contribution in [3.05, 3.63) is 24.3 Å². The van der Waals surface area contributed by atoms with E-state index >= 15 is 0 Å². The Morgan fingerprint density at radius 3 is 2.25 bits per heavy atom. The van der Waals surface area contributed by atoms with Crippen LogP contribution in [0.15, 0.2) is 24.3 Å². The molecule has 1 heterocycles. The van der Waals surface area contributed by atoms with Crippen molar-refractivity contribution in [2.75, 3.05) is 24.2 Å². The van der Waals surface area contributed by atoms with Gasteiger partial charge in [-0.2, -0.15) is 0 Å². The third-order valence-corrected chi connectivity index (χ3v) is 6.50. The molecule has 0 aromatic heterocycles. The van der Waals surface area contributed by atoms with Crippen LogP contribution in [0.1, 0.15) is 26.7 Å². The highest BCUT2D eigenvalue weighted by atomic mass is 32.2. The first kappa shape index (κ1) is 22.4. The van der Waals surface area contributed by atoms with Crippen LogP contribution in [0.5, 0.6) is 5.75 Å². The molecule has 11 heteroatoms. The van der Waals surface area contributed by atoms with E-state index in [0.29, 0.717) is 0 Å². The van der Waals surface area contributed by atoms with Gasteiger partial charge in [-0.1, -0.05) is 13.8 Å². The average Bonchev–Trinajstić information content (AvgIpc) is 2.54. The first-order valence-corrected chi connectivity index (χ1v) is 10.3. The Kier molecular flexibility index (Phi) is 6.62. The van der Waals surface area contributed by atoms with Gasteiger partial charge in [0, 0.05) is 18.8 Å². The van der Waals surface area contributed by atoms with Gasteiger partial charge in [0.05, 0.1) is 5.75 Å². The number of aliphatic hydroxyl groups is 1. The number of amides is 1. The summed E-state index contributed by atoms with van der Waals surface area (Å²) >= 11 is 0. The van der Waals surface area contributed by atoms with Crippen molar-refractivity contribution in [3.63, 3.8) is 0 Å². The van der Waals surface area contributed by atoms with Gasteiger partial charge in [0.15, 0.2) is 0 Å². The Morgan fingerprint density at radius 1 is 1.25 bits per heavy atom. The standard InChI is InChI=1S/C17H23F3N2O5S/c1-12(2)11-28(25,26)22-9-7-16(24,8-10-22)15(23)21-13-3-5-14(6-4-13)27-17(18,19)20/h3-6,12,24H,7-11H2,1-2H3,(H,21,23). The molecule has 1 aliphatic heterocycles. The molecule has 1 aromatic rings. The summed E-state index contributed by atoms with van der Waals surface area (Å²) < 4.78 is 66.0. The van der Waals surface area contributed by atoms with Gasteiger partial charge in [0.1, 0.15) is 11.4 Å². The lowest BCUT2D eigenvalue weighted by Gasteiger charge is -2.36. The molecule has 0 spiro atoms. The Balaban J connectivity index is 1.96. The summed E-state index contributed by atoms with van der Waals surface area (Å²) in [5.74, 6) is -1.23. The number of nitrogens with one attached hydrogen (secondary N) is 1. The lowest BCUT2D eigenvalue weighted by molar-refractivity contribution is -0.274. The summed E-state index contributed by atoms with van der Waals surface area (Å²) in [6.45, 7) is 3.60. The summed E-state index contributed by atoms with van der Waals surface area (Å²) in [5, 5.41) is 13.0. The van der Waals surface area contributed by atoms with Crippen molar-refractivity contribution in [2.45, 2.75) is 38.7 Å². The third-order valence-electron chi connectivity index (χ3n) is 4.26. The van der Waals surface area contributed by atoms with Gasteiger partial charge < -0.3 is 15.2 Å². The second-order valence-corrected chi connectivity index (χ2v) is 9.14. The van der Waals surface area contributed by atoms with E-state index < -0.39 is 33.6 Å². The van der Waals surface area contributed by atoms with Crippen LogP contribution in [0.3, 0.4) is 0 Å². The SMILES string of the molecule is CC(C)CS(=O)(=O)N1CCC(O)(C(=O)Nc2ccc(OC(F)(F)F)cc2)CC1. The van der Waals surface area contributed by atoms with Gasteiger partial charge in [0.2, 0.25) is 10.0 Å². The molecule has 0 atom stereocenters. The fraction of sp³-hybridized carbons (Fsp3) is 0.588. The van der Waals surface area contributed by atoms with Gasteiger partial charge in [-0.15, -0.1) is 13.2 Å². The van der Waals surface area contributed by atoms with Crippen LogP contribution in [0, 0.1) is 5.92 Å². The fourth-order valence-electron chi connectivity index (χ4n) is 2.88. The summed E-state index contributed by atoms with van der Waals surface area (Å²) in [6, 6.07) is 4.50. The predicted octanol–water partition coefficient (Wildman–Crippen LogP) is 2.34. The number of piperidine rings is 1. The van der Waals surface area contributed by atoms with E-state index in [1.807, 2.05) is 0 Å². The molecular weight excluding hydrogens is 401 g/mol. The van der Waals surface area contributed by atoms with Crippen LogP contribution in [0.25, 0.3) is 0 Å². The quantitative estimate of drug-likeness (QED) is 0.731. The largest absolute Gasteiger partial charge is 0.573 e. The smallest absolute Gasteiger partial charge is 0.406 e. The summed E-state index contributed by atoms with van der Waals surface area (Å²) in [6.07, 6.45) is -4.97. The maximum atomic E-state index is 12.4. The lowest BCUT2D eigenvalue weighted by atomic mass is 9.91. The van der Waals surface area contributed by atoms with Crippen LogP contribution in [-0.2, 0) is 14.8 Å². The number of hydrogen-bond acceptors (Lipinski definition) is 5. The molecule has 2 rings (SSSR count). The molecule has 0 bridgehead atoms. The van der Waals surface area contributed by atoms with Crippen LogP contribution in [0.4, 0.5) is 18.9 Å². The average molecular weight is 424 g/mol. The molecule has 1 aliphatic rings. The molecule has 0 aliphatic carbocycles. The van der Waals surface area contributed by atoms with E-state index in [1.54, 1.807) is 13.8 Å². The van der Waals surface area contributed by atoms with E-state index in [4.69, 9.17) is 0 Å². The molecular formula is C17H23F3N2O5S. The Labute approximate surface area is 161 Å².